The van der Waals surface area contributed by atoms with Gasteiger partial charge < -0.3 is 30.7 Å². The van der Waals surface area contributed by atoms with Crippen molar-refractivity contribution >= 4 is 16.9 Å². The Balaban J connectivity index is 2.69. The number of carbonyl (C=O) groups is 1. The second kappa shape index (κ2) is 12.2. The number of hydrogen-bond acceptors (Lipinski definition) is 7. The van der Waals surface area contributed by atoms with E-state index in [2.05, 4.69) is 31.0 Å². The summed E-state index contributed by atoms with van der Waals surface area (Å²) in [4.78, 5) is 29.4. The zero-order valence-electron chi connectivity index (χ0n) is 21.1. The summed E-state index contributed by atoms with van der Waals surface area (Å²) < 4.78 is 1.18. The van der Waals surface area contributed by atoms with Gasteiger partial charge in [0.1, 0.15) is 18.3 Å². The Bertz CT molecular complexity index is 1190. The standard InChI is InChI=1S/C26H37N3O6/c1-14(2)7-6-8-15(3)9-10-18-17(5)16(4)11-19-23(18)29(26(35)22(28-19)25(27)34)12-20(31)24(33)21(32)13-30/h7,9,11,20-21,24,30-33H,6,8,10,12-13H2,1-5H3,(H2,27,34)/b15-9+/t20-,21+,24-/m0/s1. The van der Waals surface area contributed by atoms with Gasteiger partial charge in [-0.2, -0.15) is 0 Å². The van der Waals surface area contributed by atoms with Gasteiger partial charge in [0, 0.05) is 0 Å². The Hall–Kier alpha value is -2.85. The van der Waals surface area contributed by atoms with Crippen molar-refractivity contribution in [2.75, 3.05) is 6.61 Å². The van der Waals surface area contributed by atoms with Crippen LogP contribution in [0.5, 0.6) is 0 Å². The molecule has 6 N–H and O–H groups in total. The molecule has 9 heteroatoms. The van der Waals surface area contributed by atoms with Crippen LogP contribution < -0.4 is 11.3 Å². The topological polar surface area (TPSA) is 159 Å². The number of benzene rings is 1. The van der Waals surface area contributed by atoms with Crippen molar-refractivity contribution in [2.45, 2.75) is 78.7 Å². The van der Waals surface area contributed by atoms with Gasteiger partial charge in [0.25, 0.3) is 11.5 Å². The molecule has 0 spiro atoms. The monoisotopic (exact) mass is 487 g/mol. The maximum absolute atomic E-state index is 13.2. The predicted octanol–water partition coefficient (Wildman–Crippen LogP) is 1.42. The van der Waals surface area contributed by atoms with Crippen molar-refractivity contribution in [3.63, 3.8) is 0 Å². The average Bonchev–Trinajstić information content (AvgIpc) is 2.79. The Morgan fingerprint density at radius 2 is 1.80 bits per heavy atom. The van der Waals surface area contributed by atoms with Crippen molar-refractivity contribution in [2.24, 2.45) is 5.73 Å². The van der Waals surface area contributed by atoms with E-state index in [1.54, 1.807) is 6.07 Å². The summed E-state index contributed by atoms with van der Waals surface area (Å²) in [6.07, 6.45) is 1.64. The number of carbonyl (C=O) groups excluding carboxylic acids is 1. The van der Waals surface area contributed by atoms with Gasteiger partial charge in [0.05, 0.1) is 24.2 Å². The first-order valence-electron chi connectivity index (χ1n) is 11.7. The smallest absolute Gasteiger partial charge is 0.282 e. The Kier molecular flexibility index (Phi) is 9.91. The van der Waals surface area contributed by atoms with E-state index in [-0.39, 0.29) is 0 Å². The molecule has 1 aromatic heterocycles. The van der Waals surface area contributed by atoms with Crippen LogP contribution in [0.15, 0.2) is 34.2 Å². The second-order valence-corrected chi connectivity index (χ2v) is 9.29. The molecule has 0 unspecified atom stereocenters. The van der Waals surface area contributed by atoms with Crippen LogP contribution in [0.3, 0.4) is 0 Å². The quantitative estimate of drug-likeness (QED) is 0.300. The summed E-state index contributed by atoms with van der Waals surface area (Å²) >= 11 is 0. The van der Waals surface area contributed by atoms with Gasteiger partial charge in [-0.1, -0.05) is 23.3 Å². The van der Waals surface area contributed by atoms with Crippen LogP contribution >= 0.6 is 0 Å². The van der Waals surface area contributed by atoms with Crippen LogP contribution in [0.1, 0.15) is 60.8 Å². The van der Waals surface area contributed by atoms with Gasteiger partial charge in [-0.25, -0.2) is 4.98 Å². The van der Waals surface area contributed by atoms with Gasteiger partial charge in [-0.3, -0.25) is 9.59 Å². The number of rotatable bonds is 11. The zero-order valence-corrected chi connectivity index (χ0v) is 21.1. The molecule has 0 aliphatic carbocycles. The van der Waals surface area contributed by atoms with Crippen LogP contribution in [0.4, 0.5) is 0 Å². The van der Waals surface area contributed by atoms with Crippen molar-refractivity contribution in [1.82, 2.24) is 9.55 Å². The third-order valence-electron chi connectivity index (χ3n) is 6.20. The molecule has 2 rings (SSSR count). The lowest BCUT2D eigenvalue weighted by atomic mass is 9.96. The van der Waals surface area contributed by atoms with Gasteiger partial charge in [-0.05, 0) is 76.6 Å². The molecule has 2 aromatic rings. The fourth-order valence-corrected chi connectivity index (χ4v) is 3.95. The van der Waals surface area contributed by atoms with Crippen molar-refractivity contribution in [1.29, 1.82) is 0 Å². The molecule has 0 bridgehead atoms. The molecule has 1 heterocycles. The van der Waals surface area contributed by atoms with Crippen LogP contribution in [0, 0.1) is 13.8 Å². The van der Waals surface area contributed by atoms with Crippen molar-refractivity contribution in [3.8, 4) is 0 Å². The number of aryl methyl sites for hydroxylation is 1. The van der Waals surface area contributed by atoms with Crippen LogP contribution in [-0.2, 0) is 13.0 Å². The zero-order chi connectivity index (χ0) is 26.4. The van der Waals surface area contributed by atoms with Gasteiger partial charge in [0.15, 0.2) is 5.69 Å². The number of aliphatic hydroxyl groups is 4. The summed E-state index contributed by atoms with van der Waals surface area (Å²) in [6, 6.07) is 1.74. The molecular weight excluding hydrogens is 450 g/mol. The Morgan fingerprint density at radius 1 is 1.14 bits per heavy atom. The minimum atomic E-state index is -1.71. The molecule has 1 amide bonds. The summed E-state index contributed by atoms with van der Waals surface area (Å²) in [5.74, 6) is -1.01. The summed E-state index contributed by atoms with van der Waals surface area (Å²) in [5, 5.41) is 39.5. The molecule has 0 saturated heterocycles. The number of nitrogens with two attached hydrogens (primary N) is 1. The van der Waals surface area contributed by atoms with Crippen molar-refractivity contribution < 1.29 is 25.2 Å². The van der Waals surface area contributed by atoms with E-state index in [0.29, 0.717) is 17.5 Å². The van der Waals surface area contributed by atoms with E-state index in [1.165, 1.54) is 15.7 Å². The average molecular weight is 488 g/mol. The number of amides is 1. The largest absolute Gasteiger partial charge is 0.394 e. The molecule has 0 saturated carbocycles. The maximum Gasteiger partial charge on any atom is 0.282 e. The fourth-order valence-electron chi connectivity index (χ4n) is 3.95. The summed E-state index contributed by atoms with van der Waals surface area (Å²) in [6.45, 7) is 8.78. The number of primary amides is 1. The highest BCUT2D eigenvalue weighted by Gasteiger charge is 2.27. The third-order valence-corrected chi connectivity index (χ3v) is 6.20. The minimum absolute atomic E-state index is 0.358. The molecule has 0 aliphatic heterocycles. The van der Waals surface area contributed by atoms with E-state index < -0.39 is 48.6 Å². The van der Waals surface area contributed by atoms with E-state index in [4.69, 9.17) is 10.8 Å². The lowest BCUT2D eigenvalue weighted by Crippen LogP contribution is -2.44. The number of aliphatic hydroxyl groups excluding tert-OH is 4. The number of aromatic nitrogens is 2. The molecule has 0 fully saturated rings. The van der Waals surface area contributed by atoms with E-state index in [0.717, 1.165) is 29.5 Å². The maximum atomic E-state index is 13.2. The normalized spacial score (nSPS) is 14.6. The first-order valence-corrected chi connectivity index (χ1v) is 11.7. The highest BCUT2D eigenvalue weighted by molar-refractivity contribution is 5.93. The van der Waals surface area contributed by atoms with Gasteiger partial charge in [0.2, 0.25) is 0 Å². The van der Waals surface area contributed by atoms with Crippen molar-refractivity contribution in [3.05, 3.63) is 62.1 Å². The van der Waals surface area contributed by atoms with Crippen LogP contribution in [0.25, 0.3) is 11.0 Å². The van der Waals surface area contributed by atoms with Gasteiger partial charge in [-0.15, -0.1) is 0 Å². The molecule has 35 heavy (non-hydrogen) atoms. The minimum Gasteiger partial charge on any atom is -0.394 e. The molecular formula is C26H37N3O6. The summed E-state index contributed by atoms with van der Waals surface area (Å²) in [7, 11) is 0. The molecule has 3 atom stereocenters. The number of fused-ring (bicyclic) bond motifs is 1. The summed E-state index contributed by atoms with van der Waals surface area (Å²) in [5.41, 5.74) is 9.95. The third kappa shape index (κ3) is 6.85. The van der Waals surface area contributed by atoms with Crippen LogP contribution in [-0.4, -0.2) is 60.8 Å². The molecule has 192 valence electrons. The van der Waals surface area contributed by atoms with Gasteiger partial charge >= 0.3 is 0 Å². The van der Waals surface area contributed by atoms with E-state index in [9.17, 15) is 24.9 Å². The second-order valence-electron chi connectivity index (χ2n) is 9.29. The fraction of sp³-hybridized carbons (Fsp3) is 0.500. The predicted molar refractivity (Wildman–Crippen MR) is 135 cm³/mol. The van der Waals surface area contributed by atoms with E-state index >= 15 is 0 Å². The lowest BCUT2D eigenvalue weighted by molar-refractivity contribution is -0.0805. The Labute approximate surface area is 205 Å². The first-order chi connectivity index (χ1) is 16.4. The number of nitrogens with zero attached hydrogens (tertiary/aromatic N) is 2. The molecule has 1 aromatic carbocycles. The molecule has 0 radical (unpaired) electrons. The van der Waals surface area contributed by atoms with E-state index in [1.807, 2.05) is 20.8 Å². The number of allylic oxidation sites excluding steroid dienone is 4. The first kappa shape index (κ1) is 28.4. The molecule has 0 aliphatic rings. The van der Waals surface area contributed by atoms with Crippen LogP contribution in [0.2, 0.25) is 0 Å². The highest BCUT2D eigenvalue weighted by atomic mass is 16.4. The number of hydrogen-bond donors (Lipinski definition) is 5. The molecule has 9 nitrogen and oxygen atoms in total. The Morgan fingerprint density at radius 3 is 2.37 bits per heavy atom. The highest BCUT2D eigenvalue weighted by Crippen LogP contribution is 2.26. The lowest BCUT2D eigenvalue weighted by Gasteiger charge is -2.24. The SMILES string of the molecule is CC(C)=CCC/C(C)=C/Cc1c(C)c(C)cc2nc(C(N)=O)c(=O)n(C[C@H](O)[C@H](O)[C@H](O)CO)c12.